The molecule has 1 N–H and O–H groups in total. The molecular formula is C25H28N4O3. The average Bonchev–Trinajstić information content (AvgIpc) is 3.49. The Morgan fingerprint density at radius 3 is 2.59 bits per heavy atom. The number of hydrogen-bond acceptors (Lipinski definition) is 6. The number of carbonyl (C=O) groups is 1. The summed E-state index contributed by atoms with van der Waals surface area (Å²) in [6.45, 7) is 6.26. The second kappa shape index (κ2) is 9.73. The number of nitriles is 1. The van der Waals surface area contributed by atoms with Crippen LogP contribution in [-0.4, -0.2) is 30.5 Å². The first-order valence-corrected chi connectivity index (χ1v) is 11.1. The third-order valence-corrected chi connectivity index (χ3v) is 6.13. The van der Waals surface area contributed by atoms with Gasteiger partial charge in [-0.3, -0.25) is 4.79 Å². The summed E-state index contributed by atoms with van der Waals surface area (Å²) in [4.78, 5) is 19.1. The molecule has 32 heavy (non-hydrogen) atoms. The van der Waals surface area contributed by atoms with Gasteiger partial charge in [-0.25, -0.2) is 0 Å². The van der Waals surface area contributed by atoms with E-state index >= 15 is 0 Å². The molecule has 1 saturated heterocycles. The van der Waals surface area contributed by atoms with Crippen LogP contribution in [-0.2, 0) is 4.79 Å². The lowest BCUT2D eigenvalue weighted by Crippen LogP contribution is -2.42. The Morgan fingerprint density at radius 1 is 1.22 bits per heavy atom. The maximum atomic E-state index is 12.9. The van der Waals surface area contributed by atoms with Crippen molar-refractivity contribution in [3.63, 3.8) is 0 Å². The predicted molar refractivity (Wildman–Crippen MR) is 121 cm³/mol. The Morgan fingerprint density at radius 2 is 1.97 bits per heavy atom. The van der Waals surface area contributed by atoms with Crippen LogP contribution in [0.1, 0.15) is 43.9 Å². The van der Waals surface area contributed by atoms with Crippen LogP contribution in [0.2, 0.25) is 0 Å². The van der Waals surface area contributed by atoms with Crippen molar-refractivity contribution in [3.8, 4) is 17.7 Å². The summed E-state index contributed by atoms with van der Waals surface area (Å²) in [5, 5.41) is 12.6. The van der Waals surface area contributed by atoms with Crippen molar-refractivity contribution >= 4 is 11.8 Å². The molecule has 3 aromatic rings. The minimum atomic E-state index is -0.0483. The molecule has 4 rings (SSSR count). The number of nitrogens with one attached hydrogen (secondary N) is 1. The molecule has 1 aromatic carbocycles. The highest BCUT2D eigenvalue weighted by molar-refractivity contribution is 5.79. The van der Waals surface area contributed by atoms with Crippen molar-refractivity contribution < 1.29 is 13.6 Å². The van der Waals surface area contributed by atoms with E-state index in [4.69, 9.17) is 8.83 Å². The van der Waals surface area contributed by atoms with Crippen molar-refractivity contribution in [2.45, 2.75) is 32.6 Å². The molecule has 7 heteroatoms. The van der Waals surface area contributed by atoms with Gasteiger partial charge < -0.3 is 19.1 Å². The smallest absolute Gasteiger partial charge is 0.266 e. The maximum Gasteiger partial charge on any atom is 0.266 e. The quantitative estimate of drug-likeness (QED) is 0.587. The average molecular weight is 433 g/mol. The van der Waals surface area contributed by atoms with E-state index in [1.807, 2.05) is 23.1 Å². The van der Waals surface area contributed by atoms with Crippen LogP contribution in [0.25, 0.3) is 11.7 Å². The summed E-state index contributed by atoms with van der Waals surface area (Å²) in [6, 6.07) is 15.9. The van der Waals surface area contributed by atoms with Gasteiger partial charge in [0, 0.05) is 31.5 Å². The monoisotopic (exact) mass is 432 g/mol. The second-order valence-electron chi connectivity index (χ2n) is 8.53. The summed E-state index contributed by atoms with van der Waals surface area (Å²) in [5.41, 5.74) is 1.49. The highest BCUT2D eigenvalue weighted by Gasteiger charge is 2.29. The largest absolute Gasteiger partial charge is 0.459 e. The minimum absolute atomic E-state index is 0.0483. The van der Waals surface area contributed by atoms with Crippen LogP contribution >= 0.6 is 0 Å². The van der Waals surface area contributed by atoms with E-state index in [9.17, 15) is 10.1 Å². The molecule has 0 bridgehead atoms. The third-order valence-electron chi connectivity index (χ3n) is 6.13. The van der Waals surface area contributed by atoms with Crippen LogP contribution in [0.3, 0.4) is 0 Å². The second-order valence-corrected chi connectivity index (χ2v) is 8.53. The molecule has 1 atom stereocenters. The van der Waals surface area contributed by atoms with Crippen molar-refractivity contribution in [3.05, 3.63) is 60.0 Å². The van der Waals surface area contributed by atoms with Gasteiger partial charge in [-0.2, -0.15) is 10.2 Å². The molecule has 0 saturated carbocycles. The lowest BCUT2D eigenvalue weighted by molar-refractivity contribution is -0.125. The number of carbonyl (C=O) groups excluding carboxylic acids is 1. The lowest BCUT2D eigenvalue weighted by Gasteiger charge is -2.31. The number of nitrogens with zero attached hydrogens (tertiary/aromatic N) is 3. The number of anilines is 1. The number of furan rings is 1. The first-order chi connectivity index (χ1) is 15.6. The Kier molecular flexibility index (Phi) is 6.60. The van der Waals surface area contributed by atoms with Crippen molar-refractivity contribution in [2.24, 2.45) is 11.8 Å². The molecule has 1 aliphatic rings. The molecule has 3 heterocycles. The van der Waals surface area contributed by atoms with Gasteiger partial charge in [0.05, 0.1) is 6.26 Å². The summed E-state index contributed by atoms with van der Waals surface area (Å²) >= 11 is 0. The molecular weight excluding hydrogens is 404 g/mol. The number of oxazole rings is 1. The SMILES string of the molecule is CC(C)C(CNC(=O)C1CCN(c2oc(-c3ccco3)nc2C#N)CC1)c1ccccc1. The highest BCUT2D eigenvalue weighted by atomic mass is 16.4. The number of piperidine rings is 1. The van der Waals surface area contributed by atoms with E-state index in [1.165, 1.54) is 11.8 Å². The fourth-order valence-corrected chi connectivity index (χ4v) is 4.24. The third kappa shape index (κ3) is 4.70. The normalized spacial score (nSPS) is 15.5. The van der Waals surface area contributed by atoms with Gasteiger partial charge in [-0.15, -0.1) is 0 Å². The summed E-state index contributed by atoms with van der Waals surface area (Å²) < 4.78 is 11.2. The van der Waals surface area contributed by atoms with Gasteiger partial charge in [0.1, 0.15) is 6.07 Å². The van der Waals surface area contributed by atoms with Gasteiger partial charge in [0.25, 0.3) is 5.89 Å². The maximum absolute atomic E-state index is 12.9. The van der Waals surface area contributed by atoms with Crippen LogP contribution in [0.15, 0.2) is 57.6 Å². The molecule has 1 fully saturated rings. The molecule has 1 unspecified atom stereocenters. The fourth-order valence-electron chi connectivity index (χ4n) is 4.24. The lowest BCUT2D eigenvalue weighted by atomic mass is 9.88. The van der Waals surface area contributed by atoms with E-state index in [-0.39, 0.29) is 23.4 Å². The molecule has 0 spiro atoms. The topological polar surface area (TPSA) is 95.3 Å². The molecule has 1 amide bonds. The van der Waals surface area contributed by atoms with Crippen LogP contribution in [0.4, 0.5) is 5.88 Å². The van der Waals surface area contributed by atoms with Crippen LogP contribution in [0.5, 0.6) is 0 Å². The molecule has 2 aromatic heterocycles. The Balaban J connectivity index is 1.35. The fraction of sp³-hybridized carbons (Fsp3) is 0.400. The van der Waals surface area contributed by atoms with E-state index in [1.54, 1.807) is 12.1 Å². The molecule has 1 aliphatic heterocycles. The Bertz CT molecular complexity index is 1060. The van der Waals surface area contributed by atoms with E-state index in [0.29, 0.717) is 55.9 Å². The number of amides is 1. The van der Waals surface area contributed by atoms with Crippen LogP contribution < -0.4 is 10.2 Å². The zero-order valence-electron chi connectivity index (χ0n) is 18.5. The summed E-state index contributed by atoms with van der Waals surface area (Å²) in [6.07, 6.45) is 2.94. The Hall–Kier alpha value is -3.53. The van der Waals surface area contributed by atoms with Crippen molar-refractivity contribution in [1.29, 1.82) is 5.26 Å². The first-order valence-electron chi connectivity index (χ1n) is 11.1. The van der Waals surface area contributed by atoms with Crippen molar-refractivity contribution in [1.82, 2.24) is 10.3 Å². The van der Waals surface area contributed by atoms with Gasteiger partial charge in [-0.1, -0.05) is 44.2 Å². The molecule has 0 radical (unpaired) electrons. The standard InChI is InChI=1S/C25H28N4O3/c1-17(2)20(18-7-4-3-5-8-18)16-27-23(30)19-10-12-29(13-11-19)25-21(15-26)28-24(32-25)22-9-6-14-31-22/h3-9,14,17,19-20H,10-13,16H2,1-2H3,(H,27,30). The molecule has 7 nitrogen and oxygen atoms in total. The highest BCUT2D eigenvalue weighted by Crippen LogP contribution is 2.31. The Labute approximate surface area is 188 Å². The zero-order valence-corrected chi connectivity index (χ0v) is 18.5. The molecule has 166 valence electrons. The van der Waals surface area contributed by atoms with E-state index in [2.05, 4.69) is 42.4 Å². The minimum Gasteiger partial charge on any atom is -0.459 e. The van der Waals surface area contributed by atoms with E-state index < -0.39 is 0 Å². The van der Waals surface area contributed by atoms with Gasteiger partial charge >= 0.3 is 0 Å². The van der Waals surface area contributed by atoms with Crippen molar-refractivity contribution in [2.75, 3.05) is 24.5 Å². The van der Waals surface area contributed by atoms with E-state index in [0.717, 1.165) is 0 Å². The predicted octanol–water partition coefficient (Wildman–Crippen LogP) is 4.58. The summed E-state index contributed by atoms with van der Waals surface area (Å²) in [7, 11) is 0. The number of benzene rings is 1. The first kappa shape index (κ1) is 21.7. The number of hydrogen-bond donors (Lipinski definition) is 1. The van der Waals surface area contributed by atoms with Crippen LogP contribution in [0, 0.1) is 23.2 Å². The summed E-state index contributed by atoms with van der Waals surface area (Å²) in [5.74, 6) is 1.99. The number of rotatable bonds is 7. The van der Waals surface area contributed by atoms with Gasteiger partial charge in [0.15, 0.2) is 5.76 Å². The van der Waals surface area contributed by atoms with Gasteiger partial charge in [-0.05, 0) is 36.5 Å². The zero-order chi connectivity index (χ0) is 22.5. The molecule has 0 aliphatic carbocycles. The van der Waals surface area contributed by atoms with Gasteiger partial charge in [0.2, 0.25) is 17.5 Å². The number of aromatic nitrogens is 1.